The second-order valence-corrected chi connectivity index (χ2v) is 8.55. The topological polar surface area (TPSA) is 78.3 Å². The van der Waals surface area contributed by atoms with E-state index in [-0.39, 0.29) is 18.3 Å². The monoisotopic (exact) mass is 492 g/mol. The van der Waals surface area contributed by atoms with Gasteiger partial charge < -0.3 is 14.8 Å². The van der Waals surface area contributed by atoms with Gasteiger partial charge in [0, 0.05) is 22.3 Å². The van der Waals surface area contributed by atoms with Gasteiger partial charge in [-0.15, -0.1) is 16.8 Å². The van der Waals surface area contributed by atoms with Crippen molar-refractivity contribution in [3.8, 4) is 11.5 Å². The number of aryl methyl sites for hydroxylation is 1. The molecule has 0 aliphatic carbocycles. The zero-order valence-corrected chi connectivity index (χ0v) is 19.9. The molecular weight excluding hydrogens is 471 g/mol. The van der Waals surface area contributed by atoms with Crippen LogP contribution in [-0.2, 0) is 17.9 Å². The predicted octanol–water partition coefficient (Wildman–Crippen LogP) is 5.40. The molecule has 1 amide bonds. The number of nitrogens with zero attached hydrogens (tertiary/aromatic N) is 3. The Morgan fingerprint density at radius 2 is 1.94 bits per heavy atom. The molecule has 168 valence electrons. The summed E-state index contributed by atoms with van der Waals surface area (Å²) in [6.07, 6.45) is 1.73. The number of hydrogen-bond donors (Lipinski definition) is 1. The summed E-state index contributed by atoms with van der Waals surface area (Å²) in [6, 6.07) is 10.6. The molecule has 0 bridgehead atoms. The van der Waals surface area contributed by atoms with E-state index in [9.17, 15) is 4.79 Å². The van der Waals surface area contributed by atoms with Crippen LogP contribution in [0.1, 0.15) is 11.4 Å². The minimum absolute atomic E-state index is 0.131. The quantitative estimate of drug-likeness (QED) is 0.301. The lowest BCUT2D eigenvalue weighted by atomic mass is 10.2. The molecule has 0 atom stereocenters. The second-order valence-electron chi connectivity index (χ2n) is 6.74. The Hall–Kier alpha value is -2.68. The molecule has 3 aromatic rings. The Morgan fingerprint density at radius 1 is 1.19 bits per heavy atom. The Labute approximate surface area is 200 Å². The van der Waals surface area contributed by atoms with Crippen molar-refractivity contribution in [1.29, 1.82) is 0 Å². The lowest BCUT2D eigenvalue weighted by molar-refractivity contribution is -0.113. The molecule has 32 heavy (non-hydrogen) atoms. The van der Waals surface area contributed by atoms with Crippen LogP contribution in [0.15, 0.2) is 54.2 Å². The third-order valence-corrected chi connectivity index (χ3v) is 5.66. The Kier molecular flexibility index (Phi) is 8.44. The van der Waals surface area contributed by atoms with Crippen LogP contribution in [-0.4, -0.2) is 33.5 Å². The molecule has 0 unspecified atom stereocenters. The van der Waals surface area contributed by atoms with Gasteiger partial charge >= 0.3 is 0 Å². The summed E-state index contributed by atoms with van der Waals surface area (Å²) in [6.45, 7) is 6.44. The number of halogens is 2. The highest BCUT2D eigenvalue weighted by molar-refractivity contribution is 7.99. The average Bonchev–Trinajstić information content (AvgIpc) is 3.12. The maximum atomic E-state index is 12.4. The number of hydrogen-bond acceptors (Lipinski definition) is 6. The molecule has 0 fully saturated rings. The zero-order chi connectivity index (χ0) is 23.1. The predicted molar refractivity (Wildman–Crippen MR) is 128 cm³/mol. The number of aromatic nitrogens is 3. The fraction of sp³-hybridized carbons (Fsp3) is 0.227. The van der Waals surface area contributed by atoms with E-state index < -0.39 is 0 Å². The number of rotatable bonds is 10. The van der Waals surface area contributed by atoms with Gasteiger partial charge in [0.2, 0.25) is 5.91 Å². The number of nitrogens with one attached hydrogen (secondary N) is 1. The number of methoxy groups -OCH3 is 1. The number of anilines is 1. The summed E-state index contributed by atoms with van der Waals surface area (Å²) >= 11 is 13.2. The van der Waals surface area contributed by atoms with Crippen molar-refractivity contribution in [3.05, 3.63) is 70.5 Å². The van der Waals surface area contributed by atoms with Crippen molar-refractivity contribution in [2.45, 2.75) is 25.2 Å². The van der Waals surface area contributed by atoms with E-state index in [1.54, 1.807) is 31.4 Å². The van der Waals surface area contributed by atoms with Crippen molar-refractivity contribution in [2.75, 3.05) is 18.2 Å². The molecular formula is C22H22Cl2N4O3S. The van der Waals surface area contributed by atoms with Crippen molar-refractivity contribution in [2.24, 2.45) is 0 Å². The summed E-state index contributed by atoms with van der Waals surface area (Å²) in [5.74, 6) is 1.78. The summed E-state index contributed by atoms with van der Waals surface area (Å²) in [4.78, 5) is 12.4. The van der Waals surface area contributed by atoms with E-state index in [1.165, 1.54) is 11.8 Å². The van der Waals surface area contributed by atoms with Gasteiger partial charge in [0.15, 0.2) is 22.5 Å². The third kappa shape index (κ3) is 6.41. The van der Waals surface area contributed by atoms with Crippen LogP contribution in [0.4, 0.5) is 5.69 Å². The van der Waals surface area contributed by atoms with E-state index in [2.05, 4.69) is 22.1 Å². The van der Waals surface area contributed by atoms with Crippen LogP contribution >= 0.6 is 35.0 Å². The third-order valence-electron chi connectivity index (χ3n) is 4.26. The first-order valence-corrected chi connectivity index (χ1v) is 11.3. The molecule has 0 saturated heterocycles. The van der Waals surface area contributed by atoms with Gasteiger partial charge in [-0.2, -0.15) is 0 Å². The summed E-state index contributed by atoms with van der Waals surface area (Å²) in [5, 5.41) is 12.7. The molecule has 1 N–H and O–H groups in total. The summed E-state index contributed by atoms with van der Waals surface area (Å²) < 4.78 is 13.1. The van der Waals surface area contributed by atoms with Crippen LogP contribution in [0.2, 0.25) is 10.0 Å². The summed E-state index contributed by atoms with van der Waals surface area (Å²) in [5.41, 5.74) is 1.60. The number of thioether (sulfide) groups is 1. The highest BCUT2D eigenvalue weighted by Gasteiger charge is 2.15. The lowest BCUT2D eigenvalue weighted by Gasteiger charge is -2.12. The minimum Gasteiger partial charge on any atom is -0.493 e. The summed E-state index contributed by atoms with van der Waals surface area (Å²) in [7, 11) is 1.60. The number of ether oxygens (including phenoxy) is 2. The van der Waals surface area contributed by atoms with E-state index in [4.69, 9.17) is 32.7 Å². The number of carbonyl (C=O) groups is 1. The lowest BCUT2D eigenvalue weighted by Crippen LogP contribution is -2.15. The molecule has 1 aromatic heterocycles. The van der Waals surface area contributed by atoms with Crippen LogP contribution in [0.3, 0.4) is 0 Å². The normalized spacial score (nSPS) is 10.6. The van der Waals surface area contributed by atoms with Crippen LogP contribution < -0.4 is 14.8 Å². The molecule has 0 saturated carbocycles. The SMILES string of the molecule is C=CCn1c(COc2ccc(C)cc2OC)nnc1SCC(=O)Nc1cc(Cl)cc(Cl)c1. The van der Waals surface area contributed by atoms with Crippen molar-refractivity contribution in [3.63, 3.8) is 0 Å². The number of benzene rings is 2. The van der Waals surface area contributed by atoms with Gasteiger partial charge in [-0.1, -0.05) is 47.1 Å². The van der Waals surface area contributed by atoms with E-state index in [1.807, 2.05) is 29.7 Å². The molecule has 10 heteroatoms. The number of carbonyl (C=O) groups excluding carboxylic acids is 1. The van der Waals surface area contributed by atoms with Crippen LogP contribution in [0.5, 0.6) is 11.5 Å². The minimum atomic E-state index is -0.219. The van der Waals surface area contributed by atoms with Gasteiger partial charge in [0.05, 0.1) is 12.9 Å². The Morgan fingerprint density at radius 3 is 2.62 bits per heavy atom. The smallest absolute Gasteiger partial charge is 0.234 e. The van der Waals surface area contributed by atoms with Gasteiger partial charge in [0.25, 0.3) is 0 Å². The van der Waals surface area contributed by atoms with Crippen molar-refractivity contribution in [1.82, 2.24) is 14.8 Å². The zero-order valence-electron chi connectivity index (χ0n) is 17.6. The first-order chi connectivity index (χ1) is 15.4. The van der Waals surface area contributed by atoms with Gasteiger partial charge in [-0.3, -0.25) is 9.36 Å². The molecule has 3 rings (SSSR count). The Bertz CT molecular complexity index is 1100. The highest BCUT2D eigenvalue weighted by Crippen LogP contribution is 2.29. The van der Waals surface area contributed by atoms with Crippen LogP contribution in [0.25, 0.3) is 0 Å². The van der Waals surface area contributed by atoms with E-state index in [0.29, 0.717) is 44.8 Å². The Balaban J connectivity index is 1.65. The van der Waals surface area contributed by atoms with Gasteiger partial charge in [0.1, 0.15) is 6.61 Å². The molecule has 1 heterocycles. The molecule has 0 aliphatic rings. The molecule has 0 aliphatic heterocycles. The average molecular weight is 493 g/mol. The molecule has 7 nitrogen and oxygen atoms in total. The fourth-order valence-corrected chi connectivity index (χ4v) is 4.13. The first-order valence-electron chi connectivity index (χ1n) is 9.58. The number of allylic oxidation sites excluding steroid dienone is 1. The van der Waals surface area contributed by atoms with E-state index in [0.717, 1.165) is 5.56 Å². The largest absolute Gasteiger partial charge is 0.493 e. The van der Waals surface area contributed by atoms with E-state index >= 15 is 0 Å². The molecule has 0 radical (unpaired) electrons. The van der Waals surface area contributed by atoms with Crippen LogP contribution in [0, 0.1) is 6.92 Å². The maximum Gasteiger partial charge on any atom is 0.234 e. The molecule has 2 aromatic carbocycles. The standard InChI is InChI=1S/C22H22Cl2N4O3S/c1-4-7-28-20(12-31-18-6-5-14(2)8-19(18)30-3)26-27-22(28)32-13-21(29)25-17-10-15(23)9-16(24)11-17/h4-6,8-11H,1,7,12-13H2,2-3H3,(H,25,29). The van der Waals surface area contributed by atoms with Crippen molar-refractivity contribution < 1.29 is 14.3 Å². The first kappa shape index (κ1) is 24.0. The second kappa shape index (κ2) is 11.3. The van der Waals surface area contributed by atoms with Crippen molar-refractivity contribution >= 4 is 46.6 Å². The number of amides is 1. The van der Waals surface area contributed by atoms with Gasteiger partial charge in [-0.25, -0.2) is 0 Å². The molecule has 0 spiro atoms. The highest BCUT2D eigenvalue weighted by atomic mass is 35.5. The van der Waals surface area contributed by atoms with Gasteiger partial charge in [-0.05, 0) is 42.8 Å². The fourth-order valence-electron chi connectivity index (χ4n) is 2.83. The maximum absolute atomic E-state index is 12.4.